The van der Waals surface area contributed by atoms with Crippen LogP contribution in [0.2, 0.25) is 0 Å². The molecule has 1 aliphatic heterocycles. The number of carbonyl (C=O) groups excluding carboxylic acids is 3. The third-order valence-electron chi connectivity index (χ3n) is 3.41. The van der Waals surface area contributed by atoms with Crippen molar-refractivity contribution in [2.45, 2.75) is 12.8 Å². The summed E-state index contributed by atoms with van der Waals surface area (Å²) in [4.78, 5) is 38.6. The standard InChI is InChI=1S/C14H18BrN3O4/c1-17(14(21)10-4-5-11(15)22-10)9-12(19)16-8-13(20)18-6-2-3-7-18/h4-5H,2-3,6-9H2,1H3,(H,16,19). The van der Waals surface area contributed by atoms with E-state index in [1.165, 1.54) is 18.0 Å². The van der Waals surface area contributed by atoms with Gasteiger partial charge in [0.1, 0.15) is 0 Å². The molecule has 0 spiro atoms. The maximum Gasteiger partial charge on any atom is 0.289 e. The molecule has 0 unspecified atom stereocenters. The minimum absolute atomic E-state index is 0.0346. The monoisotopic (exact) mass is 371 g/mol. The van der Waals surface area contributed by atoms with Crippen LogP contribution in [-0.2, 0) is 9.59 Å². The maximum atomic E-state index is 12.0. The molecular formula is C14H18BrN3O4. The predicted molar refractivity (Wildman–Crippen MR) is 82.2 cm³/mol. The van der Waals surface area contributed by atoms with Crippen molar-refractivity contribution < 1.29 is 18.8 Å². The number of furan rings is 1. The lowest BCUT2D eigenvalue weighted by Gasteiger charge is -2.17. The Hall–Kier alpha value is -1.83. The molecule has 1 saturated heterocycles. The Bertz CT molecular complexity index is 566. The molecule has 1 aliphatic rings. The highest BCUT2D eigenvalue weighted by Crippen LogP contribution is 2.15. The highest BCUT2D eigenvalue weighted by Gasteiger charge is 2.20. The van der Waals surface area contributed by atoms with Crippen LogP contribution in [0.5, 0.6) is 0 Å². The molecule has 0 atom stereocenters. The number of hydrogen-bond acceptors (Lipinski definition) is 4. The third kappa shape index (κ3) is 4.33. The van der Waals surface area contributed by atoms with E-state index >= 15 is 0 Å². The van der Waals surface area contributed by atoms with E-state index in [0.29, 0.717) is 4.67 Å². The molecule has 22 heavy (non-hydrogen) atoms. The molecule has 8 heteroatoms. The Balaban J connectivity index is 1.76. The Morgan fingerprint density at radius 1 is 1.32 bits per heavy atom. The van der Waals surface area contributed by atoms with Gasteiger partial charge in [0, 0.05) is 20.1 Å². The fourth-order valence-electron chi connectivity index (χ4n) is 2.21. The Kier molecular flexibility index (Phi) is 5.59. The first-order valence-corrected chi connectivity index (χ1v) is 7.82. The number of likely N-dealkylation sites (tertiary alicyclic amines) is 1. The first kappa shape index (κ1) is 16.5. The smallest absolute Gasteiger partial charge is 0.289 e. The molecule has 0 bridgehead atoms. The molecule has 120 valence electrons. The minimum atomic E-state index is -0.397. The lowest BCUT2D eigenvalue weighted by Crippen LogP contribution is -2.43. The van der Waals surface area contributed by atoms with Gasteiger partial charge < -0.3 is 19.5 Å². The van der Waals surface area contributed by atoms with E-state index < -0.39 is 5.91 Å². The summed E-state index contributed by atoms with van der Waals surface area (Å²) >= 11 is 3.11. The fraction of sp³-hybridized carbons (Fsp3) is 0.500. The summed E-state index contributed by atoms with van der Waals surface area (Å²) < 4.78 is 5.60. The molecule has 0 aliphatic carbocycles. The maximum absolute atomic E-state index is 12.0. The van der Waals surface area contributed by atoms with Gasteiger partial charge in [0.25, 0.3) is 5.91 Å². The highest BCUT2D eigenvalue weighted by atomic mass is 79.9. The van der Waals surface area contributed by atoms with E-state index in [1.54, 1.807) is 11.0 Å². The lowest BCUT2D eigenvalue weighted by atomic mass is 10.4. The van der Waals surface area contributed by atoms with Crippen LogP contribution in [-0.4, -0.2) is 60.7 Å². The van der Waals surface area contributed by atoms with Gasteiger partial charge in [-0.1, -0.05) is 0 Å². The molecule has 1 fully saturated rings. The average molecular weight is 372 g/mol. The first-order chi connectivity index (χ1) is 10.5. The second-order valence-electron chi connectivity index (χ2n) is 5.13. The number of nitrogens with zero attached hydrogens (tertiary/aromatic N) is 2. The summed E-state index contributed by atoms with van der Waals surface area (Å²) in [5.74, 6) is -0.717. The number of rotatable bonds is 5. The topological polar surface area (TPSA) is 82.9 Å². The molecule has 3 amide bonds. The van der Waals surface area contributed by atoms with Crippen LogP contribution in [0.1, 0.15) is 23.4 Å². The SMILES string of the molecule is CN(CC(=O)NCC(=O)N1CCCC1)C(=O)c1ccc(Br)o1. The van der Waals surface area contributed by atoms with Crippen molar-refractivity contribution >= 4 is 33.7 Å². The van der Waals surface area contributed by atoms with Crippen LogP contribution in [0, 0.1) is 0 Å². The summed E-state index contributed by atoms with van der Waals surface area (Å²) in [6.07, 6.45) is 2.02. The van der Waals surface area contributed by atoms with E-state index in [-0.39, 0.29) is 30.7 Å². The summed E-state index contributed by atoms with van der Waals surface area (Å²) in [5, 5.41) is 2.54. The van der Waals surface area contributed by atoms with Crippen LogP contribution >= 0.6 is 15.9 Å². The number of amides is 3. The zero-order chi connectivity index (χ0) is 16.1. The van der Waals surface area contributed by atoms with Crippen LogP contribution in [0.4, 0.5) is 0 Å². The fourth-order valence-corrected chi connectivity index (χ4v) is 2.52. The van der Waals surface area contributed by atoms with Crippen molar-refractivity contribution in [3.63, 3.8) is 0 Å². The summed E-state index contributed by atoms with van der Waals surface area (Å²) in [6, 6.07) is 3.13. The molecular weight excluding hydrogens is 354 g/mol. The minimum Gasteiger partial charge on any atom is -0.444 e. The largest absolute Gasteiger partial charge is 0.444 e. The number of hydrogen-bond donors (Lipinski definition) is 1. The van der Waals surface area contributed by atoms with E-state index in [1.807, 2.05) is 0 Å². The molecule has 1 aromatic rings. The van der Waals surface area contributed by atoms with Gasteiger partial charge in [-0.3, -0.25) is 14.4 Å². The van der Waals surface area contributed by atoms with Crippen molar-refractivity contribution in [1.29, 1.82) is 0 Å². The van der Waals surface area contributed by atoms with Gasteiger partial charge in [-0.15, -0.1) is 0 Å². The van der Waals surface area contributed by atoms with Crippen LogP contribution < -0.4 is 5.32 Å². The molecule has 2 rings (SSSR count). The van der Waals surface area contributed by atoms with Gasteiger partial charge in [0.2, 0.25) is 11.8 Å². The van der Waals surface area contributed by atoms with Crippen LogP contribution in [0.3, 0.4) is 0 Å². The molecule has 1 N–H and O–H groups in total. The Labute approximate surface area is 136 Å². The first-order valence-electron chi connectivity index (χ1n) is 7.02. The van der Waals surface area contributed by atoms with Crippen LogP contribution in [0.15, 0.2) is 21.2 Å². The van der Waals surface area contributed by atoms with Gasteiger partial charge in [-0.25, -0.2) is 0 Å². The van der Waals surface area contributed by atoms with E-state index in [2.05, 4.69) is 21.2 Å². The molecule has 2 heterocycles. The number of halogens is 1. The van der Waals surface area contributed by atoms with Crippen molar-refractivity contribution in [2.24, 2.45) is 0 Å². The molecule has 0 radical (unpaired) electrons. The second kappa shape index (κ2) is 7.44. The average Bonchev–Trinajstić information content (AvgIpc) is 3.15. The van der Waals surface area contributed by atoms with Crippen molar-refractivity contribution in [3.8, 4) is 0 Å². The summed E-state index contributed by atoms with van der Waals surface area (Å²) in [7, 11) is 1.50. The summed E-state index contributed by atoms with van der Waals surface area (Å²) in [5.41, 5.74) is 0. The zero-order valence-electron chi connectivity index (χ0n) is 12.3. The summed E-state index contributed by atoms with van der Waals surface area (Å²) in [6.45, 7) is 1.33. The third-order valence-corrected chi connectivity index (χ3v) is 3.83. The van der Waals surface area contributed by atoms with Crippen molar-refractivity contribution in [2.75, 3.05) is 33.2 Å². The van der Waals surface area contributed by atoms with Crippen molar-refractivity contribution in [1.82, 2.24) is 15.1 Å². The lowest BCUT2D eigenvalue weighted by molar-refractivity contribution is -0.132. The normalized spacial score (nSPS) is 14.0. The quantitative estimate of drug-likeness (QED) is 0.831. The number of likely N-dealkylation sites (N-methyl/N-ethyl adjacent to an activating group) is 1. The van der Waals surface area contributed by atoms with E-state index in [4.69, 9.17) is 4.42 Å². The Morgan fingerprint density at radius 2 is 2.00 bits per heavy atom. The molecule has 0 aromatic carbocycles. The number of carbonyl (C=O) groups is 3. The number of nitrogens with one attached hydrogen (secondary N) is 1. The predicted octanol–water partition coefficient (Wildman–Crippen LogP) is 0.853. The Morgan fingerprint density at radius 3 is 2.59 bits per heavy atom. The van der Waals surface area contributed by atoms with Gasteiger partial charge in [0.05, 0.1) is 13.1 Å². The highest BCUT2D eigenvalue weighted by molar-refractivity contribution is 9.10. The van der Waals surface area contributed by atoms with Gasteiger partial charge >= 0.3 is 0 Å². The molecule has 1 aromatic heterocycles. The molecule has 0 saturated carbocycles. The van der Waals surface area contributed by atoms with Crippen LogP contribution in [0.25, 0.3) is 0 Å². The van der Waals surface area contributed by atoms with Crippen molar-refractivity contribution in [3.05, 3.63) is 22.6 Å². The zero-order valence-corrected chi connectivity index (χ0v) is 13.9. The van der Waals surface area contributed by atoms with E-state index in [9.17, 15) is 14.4 Å². The second-order valence-corrected chi connectivity index (χ2v) is 5.91. The van der Waals surface area contributed by atoms with E-state index in [0.717, 1.165) is 25.9 Å². The van der Waals surface area contributed by atoms with Gasteiger partial charge in [0.15, 0.2) is 10.4 Å². The van der Waals surface area contributed by atoms with Gasteiger partial charge in [-0.2, -0.15) is 0 Å². The van der Waals surface area contributed by atoms with Gasteiger partial charge in [-0.05, 0) is 40.9 Å². The molecule has 7 nitrogen and oxygen atoms in total.